The van der Waals surface area contributed by atoms with Gasteiger partial charge in [0.1, 0.15) is 72.6 Å². The number of fused-ring (bicyclic) bond motifs is 16. The summed E-state index contributed by atoms with van der Waals surface area (Å²) < 4.78 is 41.4. The molecule has 0 saturated carbocycles. The maximum atomic E-state index is 16.2. The number of hydrogen-bond donors (Lipinski definition) is 10. The van der Waals surface area contributed by atoms with Gasteiger partial charge in [-0.25, -0.2) is 4.39 Å². The minimum atomic E-state index is -1.85. The SMILES string of the molecule is COc1ccc(C[C@@H]2NC(=O)[C@H]([C@@H](C)O)NC(=O)[C@@H]3[C@@H]4CCN3C(=O)[C@@H]3Cc5cn(c6ccc(F)cc56)CCCCCCN(Cc5ccc(cc5)CCNC(=O)[C@]5(C)CCCN5C2=O)C(=O)CCC(=O)N[C@@H](CNC(=O)CCOCCOCC[N+](C)(C)C)C(=O)N[C@H](C)C(=O)N[C@@H](Cc2cccc(c2)CNC(=O)CO4)C(=O)N3)cc1. The van der Waals surface area contributed by atoms with Gasteiger partial charge >= 0.3 is 0 Å². The number of carbonyl (C=O) groups excluding carboxylic acids is 12. The fraction of sp³-hybridized carbons (Fsp3) is 0.542. The van der Waals surface area contributed by atoms with Crippen LogP contribution >= 0.6 is 0 Å². The van der Waals surface area contributed by atoms with E-state index < -0.39 is 150 Å². The van der Waals surface area contributed by atoms with Crippen LogP contribution in [0.5, 0.6) is 5.75 Å². The third kappa shape index (κ3) is 24.3. The van der Waals surface area contributed by atoms with Crippen molar-refractivity contribution in [1.82, 2.24) is 67.1 Å². The fourth-order valence-electron chi connectivity index (χ4n) is 15.1. The number of aliphatic hydroxyl groups is 1. The van der Waals surface area contributed by atoms with Crippen LogP contribution in [0.3, 0.4) is 0 Å². The first-order valence-electron chi connectivity index (χ1n) is 39.9. The third-order valence-corrected chi connectivity index (χ3v) is 21.8. The molecule has 0 radical (unpaired) electrons. The molecule has 12 amide bonds. The normalized spacial score (nSPS) is 24.6. The summed E-state index contributed by atoms with van der Waals surface area (Å²) in [5, 5.41) is 37.0. The van der Waals surface area contributed by atoms with Crippen LogP contribution in [0.25, 0.3) is 10.9 Å². The molecule has 31 nitrogen and oxygen atoms in total. The molecule has 32 heteroatoms. The Hall–Kier alpha value is -10.4. The van der Waals surface area contributed by atoms with Gasteiger partial charge in [-0.2, -0.15) is 0 Å². The molecule has 12 bridgehead atoms. The average molecular weight is 1600 g/mol. The Morgan fingerprint density at radius 3 is 2.14 bits per heavy atom. The third-order valence-electron chi connectivity index (χ3n) is 21.8. The van der Waals surface area contributed by atoms with Crippen molar-refractivity contribution in [3.8, 4) is 5.75 Å². The number of aromatic nitrogens is 1. The standard InChI is InChI=1S/C83H111FN14O17/c1-52-75(104)90-63-44-57-14-12-15-58(42-57)47-86-71(102)51-115-68-29-36-96-74(68)79(108)93-73(53(2)99)78(107)92-64(43-55-20-23-61(112-7)24-21-55)81(110)97-35-13-31-83(97,3)82(111)85-32-28-54-16-18-56(19-17-54)49-95(34-11-9-8-10-33-94-50-59(45-65(80(96)109)91-76(63)105)62-46-60(84)22-25-67(62)94)72(103)27-26-70(101)89-66(77(106)88-52)48-87-69(100)30-38-113-40-41-114-39-37-98(4,5)6/h12,14-25,42,46,50,52-53,63-66,68,73-74,99H,8-11,13,26-41,43-45,47-49,51H2,1-7H3,(H8-,85,86,87,88,89,90,91,92,93,100,101,102,104,105,106,107,108,111)/p+1/t52-,53-,63+,64+,65+,66+,68+,73+,74+,83+/m1/s1. The van der Waals surface area contributed by atoms with E-state index in [1.165, 1.54) is 38.0 Å². The summed E-state index contributed by atoms with van der Waals surface area (Å²) in [4.78, 5) is 182. The van der Waals surface area contributed by atoms with Crippen LogP contribution in [0.4, 0.5) is 4.39 Å². The molecule has 6 aliphatic heterocycles. The largest absolute Gasteiger partial charge is 0.497 e. The Morgan fingerprint density at radius 2 is 1.40 bits per heavy atom. The van der Waals surface area contributed by atoms with E-state index in [1.807, 2.05) is 50.0 Å². The predicted molar refractivity (Wildman–Crippen MR) is 421 cm³/mol. The number of amides is 12. The first-order chi connectivity index (χ1) is 55.0. The number of aryl methyl sites for hydroxylation is 1. The number of nitrogens with zero attached hydrogens (tertiary/aromatic N) is 5. The summed E-state index contributed by atoms with van der Waals surface area (Å²) in [6, 6.07) is 14.0. The summed E-state index contributed by atoms with van der Waals surface area (Å²) in [5.41, 5.74) is 2.73. The highest BCUT2D eigenvalue weighted by molar-refractivity contribution is 6.00. The zero-order valence-corrected chi connectivity index (χ0v) is 66.8. The van der Waals surface area contributed by atoms with Crippen molar-refractivity contribution in [3.05, 3.63) is 136 Å². The number of rotatable bonds is 15. The van der Waals surface area contributed by atoms with E-state index in [-0.39, 0.29) is 103 Å². The lowest BCUT2D eigenvalue weighted by Crippen LogP contribution is -2.64. The number of ether oxygens (including phenoxy) is 4. The zero-order valence-electron chi connectivity index (χ0n) is 66.8. The van der Waals surface area contributed by atoms with Gasteiger partial charge in [0.2, 0.25) is 70.9 Å². The Kier molecular flexibility index (Phi) is 30.8. The number of hydrogen-bond acceptors (Lipinski definition) is 17. The van der Waals surface area contributed by atoms with Gasteiger partial charge in [-0.15, -0.1) is 0 Å². The van der Waals surface area contributed by atoms with E-state index in [0.29, 0.717) is 102 Å². The topological polar surface area (TPSA) is 385 Å². The average Bonchev–Trinajstić information content (AvgIpc) is 1.66. The van der Waals surface area contributed by atoms with Crippen LogP contribution in [0.1, 0.15) is 118 Å². The van der Waals surface area contributed by atoms with Gasteiger partial charge < -0.3 is 95.7 Å². The van der Waals surface area contributed by atoms with Crippen molar-refractivity contribution < 1.29 is 90.5 Å². The molecule has 11 rings (SSSR count). The van der Waals surface area contributed by atoms with Gasteiger partial charge in [0.25, 0.3) is 0 Å². The molecule has 115 heavy (non-hydrogen) atoms. The Labute approximate surface area is 669 Å². The molecule has 6 aliphatic rings. The van der Waals surface area contributed by atoms with Crippen molar-refractivity contribution in [1.29, 1.82) is 0 Å². The van der Waals surface area contributed by atoms with E-state index in [9.17, 15) is 38.7 Å². The Balaban J connectivity index is 1.04. The number of halogens is 1. The van der Waals surface area contributed by atoms with Crippen molar-refractivity contribution in [3.63, 3.8) is 0 Å². The molecule has 0 spiro atoms. The fourth-order valence-corrected chi connectivity index (χ4v) is 15.1. The van der Waals surface area contributed by atoms with Crippen molar-refractivity contribution >= 4 is 81.8 Å². The number of likely N-dealkylation sites (N-methyl/N-ethyl adjacent to an activating group) is 1. The quantitative estimate of drug-likeness (QED) is 0.0523. The van der Waals surface area contributed by atoms with Gasteiger partial charge in [-0.3, -0.25) is 57.5 Å². The maximum absolute atomic E-state index is 16.2. The highest BCUT2D eigenvalue weighted by Crippen LogP contribution is 2.32. The van der Waals surface area contributed by atoms with E-state index in [0.717, 1.165) is 22.6 Å². The van der Waals surface area contributed by atoms with E-state index in [1.54, 1.807) is 72.6 Å². The first kappa shape index (κ1) is 87.0. The lowest BCUT2D eigenvalue weighted by Gasteiger charge is -2.37. The Morgan fingerprint density at radius 1 is 0.678 bits per heavy atom. The second-order valence-electron chi connectivity index (χ2n) is 31.7. The number of carbonyl (C=O) groups is 12. The van der Waals surface area contributed by atoms with Crippen molar-refractivity contribution in [2.45, 2.75) is 190 Å². The van der Waals surface area contributed by atoms with Crippen molar-refractivity contribution in [2.75, 3.05) is 101 Å². The highest BCUT2D eigenvalue weighted by Gasteiger charge is 2.50. The second-order valence-corrected chi connectivity index (χ2v) is 31.7. The van der Waals surface area contributed by atoms with E-state index in [2.05, 4.69) is 47.9 Å². The second kappa shape index (κ2) is 40.7. The van der Waals surface area contributed by atoms with Crippen LogP contribution in [0, 0.1) is 5.82 Å². The van der Waals surface area contributed by atoms with Gasteiger partial charge in [0.15, 0.2) is 0 Å². The monoisotopic (exact) mass is 1600 g/mol. The minimum Gasteiger partial charge on any atom is -0.497 e. The van der Waals surface area contributed by atoms with Crippen LogP contribution in [-0.4, -0.2) is 260 Å². The zero-order chi connectivity index (χ0) is 82.5. The van der Waals surface area contributed by atoms with Crippen LogP contribution in [0.2, 0.25) is 0 Å². The smallest absolute Gasteiger partial charge is 0.246 e. The molecule has 0 aliphatic carbocycles. The molecular weight excluding hydrogens is 1480 g/mol. The maximum Gasteiger partial charge on any atom is 0.246 e. The molecular formula is C83H112FN14O17+. The lowest BCUT2D eigenvalue weighted by atomic mass is 9.95. The van der Waals surface area contributed by atoms with E-state index >= 15 is 28.4 Å². The number of methoxy groups -OCH3 is 1. The first-order valence-corrected chi connectivity index (χ1v) is 39.9. The minimum absolute atomic E-state index is 0.00203. The lowest BCUT2D eigenvalue weighted by molar-refractivity contribution is -0.870. The Bertz CT molecular complexity index is 4290. The summed E-state index contributed by atoms with van der Waals surface area (Å²) in [5.74, 6) is -9.24. The summed E-state index contributed by atoms with van der Waals surface area (Å²) in [6.07, 6.45) is 0.532. The number of quaternary nitrogens is 1. The molecule has 5 aromatic rings. The molecule has 0 unspecified atom stereocenters. The van der Waals surface area contributed by atoms with Crippen LogP contribution in [-0.2, 0) is 117 Å². The molecule has 2 fully saturated rings. The highest BCUT2D eigenvalue weighted by atomic mass is 19.1. The summed E-state index contributed by atoms with van der Waals surface area (Å²) >= 11 is 0. The predicted octanol–water partition coefficient (Wildman–Crippen LogP) is 1.42. The number of aliphatic hydroxyl groups excluding tert-OH is 1. The van der Waals surface area contributed by atoms with Gasteiger partial charge in [-0.1, -0.05) is 73.5 Å². The van der Waals surface area contributed by atoms with Gasteiger partial charge in [-0.05, 0) is 123 Å². The molecule has 4 aromatic carbocycles. The molecule has 1 aromatic heterocycles. The summed E-state index contributed by atoms with van der Waals surface area (Å²) in [7, 11) is 7.62. The van der Waals surface area contributed by atoms with E-state index in [4.69, 9.17) is 18.9 Å². The number of benzene rings is 4. The number of nitrogens with one attached hydrogen (secondary N) is 9. The van der Waals surface area contributed by atoms with Gasteiger partial charge in [0, 0.05) is 108 Å². The summed E-state index contributed by atoms with van der Waals surface area (Å²) in [6.45, 7) is 5.66. The van der Waals surface area contributed by atoms with Crippen molar-refractivity contribution in [2.24, 2.45) is 0 Å². The van der Waals surface area contributed by atoms with Crippen LogP contribution < -0.4 is 52.6 Å². The molecule has 10 N–H and O–H groups in total. The molecule has 7 heterocycles. The van der Waals surface area contributed by atoms with Gasteiger partial charge in [0.05, 0.1) is 66.9 Å². The molecule has 2 saturated heterocycles. The van der Waals surface area contributed by atoms with Crippen LogP contribution in [0.15, 0.2) is 97.2 Å². The molecule has 622 valence electrons. The molecule has 10 atom stereocenters.